The highest BCUT2D eigenvalue weighted by Crippen LogP contribution is 2.30. The summed E-state index contributed by atoms with van der Waals surface area (Å²) in [4.78, 5) is 30.5. The molecule has 0 radical (unpaired) electrons. The number of thiazole rings is 1. The fraction of sp³-hybridized carbons (Fsp3) is 0.182. The predicted octanol–water partition coefficient (Wildman–Crippen LogP) is 4.81. The van der Waals surface area contributed by atoms with Crippen LogP contribution in [0.4, 0.5) is 10.8 Å². The third-order valence-corrected chi connectivity index (χ3v) is 6.32. The molecule has 4 rings (SSSR count). The van der Waals surface area contributed by atoms with Gasteiger partial charge >= 0.3 is 0 Å². The predicted molar refractivity (Wildman–Crippen MR) is 126 cm³/mol. The van der Waals surface area contributed by atoms with Crippen LogP contribution >= 0.6 is 22.9 Å². The summed E-state index contributed by atoms with van der Waals surface area (Å²) >= 11 is 7.57. The number of carbonyl (C=O) groups excluding carboxylic acids is 2. The van der Waals surface area contributed by atoms with Crippen LogP contribution in [0, 0.1) is 13.8 Å². The molecule has 0 bridgehead atoms. The van der Waals surface area contributed by atoms with E-state index in [4.69, 9.17) is 16.3 Å². The molecule has 0 atom stereocenters. The first-order chi connectivity index (χ1) is 15.3. The Kier molecular flexibility index (Phi) is 5.86. The molecule has 0 saturated carbocycles. The van der Waals surface area contributed by atoms with Crippen LogP contribution in [0.25, 0.3) is 10.2 Å². The SMILES string of the molecule is COc1ccc2nc(NC(=O)c3cccc(C)c3NC(=O)c3c(C)nn(C)c3Cl)sc2c1. The summed E-state index contributed by atoms with van der Waals surface area (Å²) in [6.07, 6.45) is 0. The lowest BCUT2D eigenvalue weighted by atomic mass is 10.1. The van der Waals surface area contributed by atoms with Gasteiger partial charge in [0.25, 0.3) is 11.8 Å². The maximum absolute atomic E-state index is 13.1. The van der Waals surface area contributed by atoms with Crippen LogP contribution in [0.1, 0.15) is 32.0 Å². The molecule has 0 unspecified atom stereocenters. The van der Waals surface area contributed by atoms with Crippen molar-refractivity contribution in [3.05, 3.63) is 63.9 Å². The van der Waals surface area contributed by atoms with Crippen molar-refractivity contribution in [3.8, 4) is 5.75 Å². The average Bonchev–Trinajstić information content (AvgIpc) is 3.27. The molecule has 0 aliphatic rings. The second-order valence-corrected chi connectivity index (χ2v) is 8.52. The van der Waals surface area contributed by atoms with Gasteiger partial charge in [0.1, 0.15) is 10.9 Å². The number of methoxy groups -OCH3 is 1. The molecular weight excluding hydrogens is 450 g/mol. The Bertz CT molecular complexity index is 1360. The number of para-hydroxylation sites is 1. The number of benzene rings is 2. The minimum absolute atomic E-state index is 0.226. The van der Waals surface area contributed by atoms with E-state index in [1.807, 2.05) is 31.2 Å². The minimum atomic E-state index is -0.434. The molecule has 0 aliphatic carbocycles. The van der Waals surface area contributed by atoms with E-state index in [0.717, 1.165) is 15.8 Å². The second kappa shape index (κ2) is 8.60. The quantitative estimate of drug-likeness (QED) is 0.437. The van der Waals surface area contributed by atoms with Gasteiger partial charge in [-0.05, 0) is 43.7 Å². The Balaban J connectivity index is 1.62. The largest absolute Gasteiger partial charge is 0.497 e. The summed E-state index contributed by atoms with van der Waals surface area (Å²) in [5, 5.41) is 10.5. The van der Waals surface area contributed by atoms with Gasteiger partial charge in [-0.3, -0.25) is 19.6 Å². The molecule has 0 aliphatic heterocycles. The van der Waals surface area contributed by atoms with Gasteiger partial charge in [0.2, 0.25) is 0 Å². The van der Waals surface area contributed by atoms with Gasteiger partial charge in [-0.1, -0.05) is 35.1 Å². The molecule has 0 saturated heterocycles. The summed E-state index contributed by atoms with van der Waals surface area (Å²) in [6.45, 7) is 3.52. The van der Waals surface area contributed by atoms with Crippen LogP contribution in [0.15, 0.2) is 36.4 Å². The van der Waals surface area contributed by atoms with Gasteiger partial charge in [-0.2, -0.15) is 5.10 Å². The molecule has 2 aromatic heterocycles. The first kappa shape index (κ1) is 21.8. The van der Waals surface area contributed by atoms with E-state index in [-0.39, 0.29) is 16.6 Å². The number of anilines is 2. The Morgan fingerprint density at radius 2 is 1.91 bits per heavy atom. The summed E-state index contributed by atoms with van der Waals surface area (Å²) in [5.41, 5.74) is 2.97. The van der Waals surface area contributed by atoms with Crippen molar-refractivity contribution in [1.29, 1.82) is 0 Å². The lowest BCUT2D eigenvalue weighted by Crippen LogP contribution is -2.19. The van der Waals surface area contributed by atoms with Crippen molar-refractivity contribution >= 4 is 55.8 Å². The highest BCUT2D eigenvalue weighted by Gasteiger charge is 2.22. The molecule has 2 heterocycles. The molecule has 0 fully saturated rings. The number of halogens is 1. The maximum Gasteiger partial charge on any atom is 0.260 e. The van der Waals surface area contributed by atoms with Gasteiger partial charge in [0, 0.05) is 7.05 Å². The van der Waals surface area contributed by atoms with Crippen LogP contribution in [-0.2, 0) is 7.05 Å². The fourth-order valence-corrected chi connectivity index (χ4v) is 4.49. The molecule has 10 heteroatoms. The summed E-state index contributed by atoms with van der Waals surface area (Å²) < 4.78 is 7.56. The molecule has 164 valence electrons. The lowest BCUT2D eigenvalue weighted by molar-refractivity contribution is 0.102. The number of rotatable bonds is 5. The molecule has 4 aromatic rings. The highest BCUT2D eigenvalue weighted by molar-refractivity contribution is 7.22. The Labute approximate surface area is 193 Å². The van der Waals surface area contributed by atoms with Crippen molar-refractivity contribution < 1.29 is 14.3 Å². The Morgan fingerprint density at radius 3 is 2.59 bits per heavy atom. The lowest BCUT2D eigenvalue weighted by Gasteiger charge is -2.13. The van der Waals surface area contributed by atoms with Crippen LogP contribution < -0.4 is 15.4 Å². The number of aromatic nitrogens is 3. The first-order valence-electron chi connectivity index (χ1n) is 9.64. The van der Waals surface area contributed by atoms with E-state index in [1.165, 1.54) is 16.0 Å². The summed E-state index contributed by atoms with van der Waals surface area (Å²) in [5.74, 6) is -0.105. The number of nitrogens with one attached hydrogen (secondary N) is 2. The molecule has 2 aromatic carbocycles. The van der Waals surface area contributed by atoms with E-state index in [9.17, 15) is 9.59 Å². The van der Waals surface area contributed by atoms with Gasteiger partial charge in [0.15, 0.2) is 5.13 Å². The number of hydrogen-bond donors (Lipinski definition) is 2. The van der Waals surface area contributed by atoms with Crippen molar-refractivity contribution in [2.75, 3.05) is 17.7 Å². The number of nitrogens with zero attached hydrogens (tertiary/aromatic N) is 3. The average molecular weight is 470 g/mol. The molecule has 32 heavy (non-hydrogen) atoms. The van der Waals surface area contributed by atoms with E-state index < -0.39 is 5.91 Å². The van der Waals surface area contributed by atoms with E-state index in [2.05, 4.69) is 20.7 Å². The van der Waals surface area contributed by atoms with Crippen LogP contribution in [0.3, 0.4) is 0 Å². The molecule has 8 nitrogen and oxygen atoms in total. The standard InChI is InChI=1S/C22H20ClN5O3S/c1-11-6-5-7-14(18(11)25-21(30)17-12(2)27-28(3)19(17)23)20(29)26-22-24-15-9-8-13(31-4)10-16(15)32-22/h5-10H,1-4H3,(H,25,30)(H,24,26,29). The topological polar surface area (TPSA) is 98.1 Å². The molecule has 0 spiro atoms. The maximum atomic E-state index is 13.1. The number of hydrogen-bond acceptors (Lipinski definition) is 6. The third-order valence-electron chi connectivity index (χ3n) is 4.95. The monoisotopic (exact) mass is 469 g/mol. The second-order valence-electron chi connectivity index (χ2n) is 7.13. The summed E-state index contributed by atoms with van der Waals surface area (Å²) in [6, 6.07) is 10.7. The molecule has 2 amide bonds. The number of ether oxygens (including phenoxy) is 1. The highest BCUT2D eigenvalue weighted by atomic mass is 35.5. The zero-order valence-electron chi connectivity index (χ0n) is 17.8. The number of fused-ring (bicyclic) bond motifs is 1. The number of amides is 2. The van der Waals surface area contributed by atoms with E-state index in [1.54, 1.807) is 33.2 Å². The zero-order chi connectivity index (χ0) is 23.0. The van der Waals surface area contributed by atoms with Crippen molar-refractivity contribution in [2.45, 2.75) is 13.8 Å². The first-order valence-corrected chi connectivity index (χ1v) is 10.8. The van der Waals surface area contributed by atoms with Crippen molar-refractivity contribution in [3.63, 3.8) is 0 Å². The van der Waals surface area contributed by atoms with E-state index >= 15 is 0 Å². The zero-order valence-corrected chi connectivity index (χ0v) is 19.4. The smallest absolute Gasteiger partial charge is 0.260 e. The molecular formula is C22H20ClN5O3S. The molecule has 2 N–H and O–H groups in total. The summed E-state index contributed by atoms with van der Waals surface area (Å²) in [7, 11) is 3.25. The van der Waals surface area contributed by atoms with E-state index in [0.29, 0.717) is 27.8 Å². The Hall–Kier alpha value is -3.43. The van der Waals surface area contributed by atoms with Crippen LogP contribution in [-0.4, -0.2) is 33.7 Å². The van der Waals surface area contributed by atoms with Gasteiger partial charge in [-0.25, -0.2) is 4.98 Å². The number of aryl methyl sites for hydroxylation is 3. The van der Waals surface area contributed by atoms with Crippen molar-refractivity contribution in [2.24, 2.45) is 7.05 Å². The number of carbonyl (C=O) groups is 2. The van der Waals surface area contributed by atoms with Gasteiger partial charge in [-0.15, -0.1) is 0 Å². The Morgan fingerprint density at radius 1 is 1.12 bits per heavy atom. The normalized spacial score (nSPS) is 10.9. The third kappa shape index (κ3) is 4.04. The fourth-order valence-electron chi connectivity index (χ4n) is 3.34. The van der Waals surface area contributed by atoms with Crippen molar-refractivity contribution in [1.82, 2.24) is 14.8 Å². The van der Waals surface area contributed by atoms with Gasteiger partial charge < -0.3 is 10.1 Å². The van der Waals surface area contributed by atoms with Crippen LogP contribution in [0.5, 0.6) is 5.75 Å². The van der Waals surface area contributed by atoms with Gasteiger partial charge in [0.05, 0.1) is 39.8 Å². The minimum Gasteiger partial charge on any atom is -0.497 e. The van der Waals surface area contributed by atoms with Crippen LogP contribution in [0.2, 0.25) is 5.15 Å².